The van der Waals surface area contributed by atoms with Crippen molar-refractivity contribution in [2.75, 3.05) is 0 Å². The molecule has 1 aliphatic rings. The molecule has 0 radical (unpaired) electrons. The maximum Gasteiger partial charge on any atom is 0.112 e. The van der Waals surface area contributed by atoms with Gasteiger partial charge < -0.3 is 0 Å². The maximum absolute atomic E-state index is 4.08. The van der Waals surface area contributed by atoms with Crippen LogP contribution in [0, 0.1) is 5.92 Å². The second kappa shape index (κ2) is 4.61. The molecular weight excluding hydrogens is 222 g/mol. The molecule has 0 fully saturated rings. The molecule has 1 N–H and O–H groups in total. The molecule has 0 amide bonds. The quantitative estimate of drug-likeness (QED) is 0.869. The van der Waals surface area contributed by atoms with Crippen LogP contribution in [-0.2, 0) is 0 Å². The van der Waals surface area contributed by atoms with Gasteiger partial charge in [0.15, 0.2) is 0 Å². The van der Waals surface area contributed by atoms with Crippen molar-refractivity contribution < 1.29 is 0 Å². The first-order valence-electron chi connectivity index (χ1n) is 6.18. The van der Waals surface area contributed by atoms with Gasteiger partial charge in [-0.15, -0.1) is 0 Å². The highest BCUT2D eigenvalue weighted by Gasteiger charge is 2.07. The zero-order chi connectivity index (χ0) is 12.4. The van der Waals surface area contributed by atoms with Gasteiger partial charge in [-0.1, -0.05) is 49.4 Å². The molecule has 18 heavy (non-hydrogen) atoms. The third-order valence-corrected chi connectivity index (χ3v) is 3.20. The maximum atomic E-state index is 4.08. The summed E-state index contributed by atoms with van der Waals surface area (Å²) in [4.78, 5) is 0. The van der Waals surface area contributed by atoms with E-state index in [2.05, 4.69) is 64.8 Å². The Kier molecular flexibility index (Phi) is 2.81. The summed E-state index contributed by atoms with van der Waals surface area (Å²) in [5, 5.41) is 10.5. The van der Waals surface area contributed by atoms with Gasteiger partial charge in [-0.05, 0) is 23.5 Å². The topological polar surface area (TPSA) is 41.6 Å². The molecule has 1 aliphatic carbocycles. The third kappa shape index (κ3) is 2.12. The van der Waals surface area contributed by atoms with Crippen LogP contribution >= 0.6 is 0 Å². The first-order chi connectivity index (χ1) is 8.83. The van der Waals surface area contributed by atoms with E-state index >= 15 is 0 Å². The average molecular weight is 237 g/mol. The number of hydrogen-bond acceptors (Lipinski definition) is 2. The Balaban J connectivity index is 1.90. The van der Waals surface area contributed by atoms with Crippen molar-refractivity contribution in [3.8, 4) is 11.3 Å². The van der Waals surface area contributed by atoms with E-state index in [-0.39, 0.29) is 0 Å². The Bertz CT molecular complexity index is 577. The Hall–Kier alpha value is -2.16. The molecule has 1 atom stereocenters. The molecule has 1 aromatic carbocycles. The first kappa shape index (κ1) is 11.0. The van der Waals surface area contributed by atoms with Gasteiger partial charge in [0.1, 0.15) is 5.69 Å². The second-order valence-electron chi connectivity index (χ2n) is 4.67. The van der Waals surface area contributed by atoms with Gasteiger partial charge in [0.05, 0.1) is 6.20 Å². The van der Waals surface area contributed by atoms with Crippen LogP contribution in [0.2, 0.25) is 0 Å². The SMILES string of the molecule is CC1C=C(c2ccc(-c3cn[nH]n3)cc2)C=CC1. The predicted octanol–water partition coefficient (Wildman–Crippen LogP) is 3.45. The highest BCUT2D eigenvalue weighted by atomic mass is 15.3. The Morgan fingerprint density at radius 2 is 1.94 bits per heavy atom. The molecule has 0 saturated heterocycles. The van der Waals surface area contributed by atoms with Gasteiger partial charge in [0.25, 0.3) is 0 Å². The first-order valence-corrected chi connectivity index (χ1v) is 6.18. The Morgan fingerprint density at radius 1 is 1.17 bits per heavy atom. The molecule has 1 aromatic heterocycles. The van der Waals surface area contributed by atoms with Crippen molar-refractivity contribution >= 4 is 5.57 Å². The molecule has 0 spiro atoms. The van der Waals surface area contributed by atoms with Gasteiger partial charge in [-0.3, -0.25) is 0 Å². The highest BCUT2D eigenvalue weighted by molar-refractivity contribution is 5.76. The van der Waals surface area contributed by atoms with E-state index < -0.39 is 0 Å². The van der Waals surface area contributed by atoms with E-state index in [4.69, 9.17) is 0 Å². The van der Waals surface area contributed by atoms with Gasteiger partial charge in [0.2, 0.25) is 0 Å². The molecule has 2 aromatic rings. The van der Waals surface area contributed by atoms with Crippen LogP contribution in [0.4, 0.5) is 0 Å². The smallest absolute Gasteiger partial charge is 0.112 e. The van der Waals surface area contributed by atoms with Crippen LogP contribution in [0.15, 0.2) is 48.7 Å². The molecule has 3 nitrogen and oxygen atoms in total. The lowest BCUT2D eigenvalue weighted by Crippen LogP contribution is -1.94. The largest absolute Gasteiger partial charge is 0.197 e. The van der Waals surface area contributed by atoms with Crippen LogP contribution in [0.1, 0.15) is 18.9 Å². The lowest BCUT2D eigenvalue weighted by molar-refractivity contribution is 0.740. The average Bonchev–Trinajstić information content (AvgIpc) is 2.93. The summed E-state index contributed by atoms with van der Waals surface area (Å²) in [6.45, 7) is 2.24. The summed E-state index contributed by atoms with van der Waals surface area (Å²) in [5.74, 6) is 0.625. The fraction of sp³-hybridized carbons (Fsp3) is 0.200. The highest BCUT2D eigenvalue weighted by Crippen LogP contribution is 2.26. The van der Waals surface area contributed by atoms with E-state index in [0.717, 1.165) is 17.7 Å². The van der Waals surface area contributed by atoms with Crippen LogP contribution < -0.4 is 0 Å². The molecule has 1 heterocycles. The monoisotopic (exact) mass is 237 g/mol. The van der Waals surface area contributed by atoms with Gasteiger partial charge in [-0.2, -0.15) is 15.4 Å². The zero-order valence-electron chi connectivity index (χ0n) is 10.3. The number of H-pyrrole nitrogens is 1. The molecule has 0 bridgehead atoms. The molecule has 90 valence electrons. The van der Waals surface area contributed by atoms with Crippen LogP contribution in [0.3, 0.4) is 0 Å². The number of aromatic nitrogens is 3. The lowest BCUT2D eigenvalue weighted by Gasteiger charge is -2.12. The summed E-state index contributed by atoms with van der Waals surface area (Å²) in [7, 11) is 0. The Labute approximate surface area is 106 Å². The lowest BCUT2D eigenvalue weighted by atomic mass is 9.93. The second-order valence-corrected chi connectivity index (χ2v) is 4.67. The van der Waals surface area contributed by atoms with Gasteiger partial charge in [0, 0.05) is 5.56 Å². The van der Waals surface area contributed by atoms with Crippen LogP contribution in [0.5, 0.6) is 0 Å². The van der Waals surface area contributed by atoms with Crippen LogP contribution in [-0.4, -0.2) is 15.4 Å². The van der Waals surface area contributed by atoms with E-state index in [0.29, 0.717) is 5.92 Å². The molecule has 0 aliphatic heterocycles. The van der Waals surface area contributed by atoms with Crippen molar-refractivity contribution in [1.29, 1.82) is 0 Å². The molecule has 0 saturated carbocycles. The number of rotatable bonds is 2. The van der Waals surface area contributed by atoms with Crippen molar-refractivity contribution in [2.45, 2.75) is 13.3 Å². The predicted molar refractivity (Wildman–Crippen MR) is 72.7 cm³/mol. The number of aromatic amines is 1. The minimum atomic E-state index is 0.625. The van der Waals surface area contributed by atoms with Crippen molar-refractivity contribution in [1.82, 2.24) is 15.4 Å². The fourth-order valence-corrected chi connectivity index (χ4v) is 2.21. The third-order valence-electron chi connectivity index (χ3n) is 3.20. The van der Waals surface area contributed by atoms with Crippen molar-refractivity contribution in [3.63, 3.8) is 0 Å². The fourth-order valence-electron chi connectivity index (χ4n) is 2.21. The summed E-state index contributed by atoms with van der Waals surface area (Å²) in [6.07, 6.45) is 9.64. The van der Waals surface area contributed by atoms with E-state index in [1.165, 1.54) is 11.1 Å². The standard InChI is InChI=1S/C15H15N3/c1-11-3-2-4-14(9-11)12-5-7-13(8-6-12)15-10-16-18-17-15/h2,4-11H,3H2,1H3,(H,16,17,18). The molecule has 1 unspecified atom stereocenters. The molecular formula is C15H15N3. The number of nitrogens with zero attached hydrogens (tertiary/aromatic N) is 2. The number of nitrogens with one attached hydrogen (secondary N) is 1. The molecule has 3 rings (SSSR count). The number of hydrogen-bond donors (Lipinski definition) is 1. The van der Waals surface area contributed by atoms with Crippen molar-refractivity contribution in [3.05, 3.63) is 54.3 Å². The van der Waals surface area contributed by atoms with Crippen LogP contribution in [0.25, 0.3) is 16.8 Å². The van der Waals surface area contributed by atoms with Crippen molar-refractivity contribution in [2.24, 2.45) is 5.92 Å². The minimum absolute atomic E-state index is 0.625. The Morgan fingerprint density at radius 3 is 2.61 bits per heavy atom. The van der Waals surface area contributed by atoms with Gasteiger partial charge >= 0.3 is 0 Å². The van der Waals surface area contributed by atoms with Gasteiger partial charge in [-0.25, -0.2) is 0 Å². The molecule has 3 heteroatoms. The number of allylic oxidation sites excluding steroid dienone is 4. The zero-order valence-corrected chi connectivity index (χ0v) is 10.3. The normalized spacial score (nSPS) is 18.7. The van der Waals surface area contributed by atoms with E-state index in [1.807, 2.05) is 0 Å². The summed E-state index contributed by atoms with van der Waals surface area (Å²) in [6, 6.07) is 8.44. The minimum Gasteiger partial charge on any atom is -0.197 e. The summed E-state index contributed by atoms with van der Waals surface area (Å²) < 4.78 is 0. The number of benzene rings is 1. The van der Waals surface area contributed by atoms with E-state index in [1.54, 1.807) is 6.20 Å². The summed E-state index contributed by atoms with van der Waals surface area (Å²) in [5.41, 5.74) is 4.52. The summed E-state index contributed by atoms with van der Waals surface area (Å²) >= 11 is 0. The van der Waals surface area contributed by atoms with E-state index in [9.17, 15) is 0 Å².